The molecule has 0 heterocycles. The summed E-state index contributed by atoms with van der Waals surface area (Å²) in [6.45, 7) is 14.8. The molecule has 0 unspecified atom stereocenters. The van der Waals surface area contributed by atoms with Gasteiger partial charge in [0.05, 0.1) is 6.10 Å². The van der Waals surface area contributed by atoms with Gasteiger partial charge in [-0.2, -0.15) is 0 Å². The number of unbranched alkanes of at least 4 members (excludes halogenated alkanes) is 9. The molecule has 0 radical (unpaired) electrons. The summed E-state index contributed by atoms with van der Waals surface area (Å²) < 4.78 is 0. The number of phenols is 1. The van der Waals surface area contributed by atoms with E-state index in [2.05, 4.69) is 47.6 Å². The predicted molar refractivity (Wildman–Crippen MR) is 203 cm³/mol. The summed E-state index contributed by atoms with van der Waals surface area (Å²) in [4.78, 5) is 0. The van der Waals surface area contributed by atoms with E-state index in [4.69, 9.17) is 0 Å². The second-order valence-electron chi connectivity index (χ2n) is 17.7. The van der Waals surface area contributed by atoms with Crippen molar-refractivity contribution >= 4 is 0 Å². The SMILES string of the molecule is CC(C)CCC[C@@H](C)[C@H]1CC[C@H]2[C@@H]3CC=C4C[C@@H](O)CC[C@]4(C)[C@H]3CC[C@]12C.CCCCCCCCCCCCc1ccccc1O. The molecule has 2 heteroatoms. The van der Waals surface area contributed by atoms with Crippen LogP contribution in [0.2, 0.25) is 0 Å². The summed E-state index contributed by atoms with van der Waals surface area (Å²) in [5.74, 6) is 5.91. The number of aryl methyl sites for hydroxylation is 1. The molecule has 4 aliphatic rings. The maximum Gasteiger partial charge on any atom is 0.118 e. The van der Waals surface area contributed by atoms with Crippen molar-refractivity contribution in [2.75, 3.05) is 0 Å². The second kappa shape index (κ2) is 18.6. The molecular formula is C45H76O2. The number of aliphatic hydroxyl groups is 1. The first-order valence-electron chi connectivity index (χ1n) is 20.7. The highest BCUT2D eigenvalue weighted by Crippen LogP contribution is 2.67. The largest absolute Gasteiger partial charge is 0.508 e. The minimum atomic E-state index is -0.0766. The summed E-state index contributed by atoms with van der Waals surface area (Å²) >= 11 is 0. The number of hydrogen-bond donors (Lipinski definition) is 2. The smallest absolute Gasteiger partial charge is 0.118 e. The molecule has 0 amide bonds. The van der Waals surface area contributed by atoms with E-state index in [1.54, 1.807) is 11.6 Å². The fourth-order valence-corrected chi connectivity index (χ4v) is 11.2. The Bertz CT molecular complexity index is 1070. The molecule has 2 N–H and O–H groups in total. The maximum atomic E-state index is 10.2. The zero-order valence-electron chi connectivity index (χ0n) is 31.9. The van der Waals surface area contributed by atoms with Crippen molar-refractivity contribution in [2.45, 2.75) is 189 Å². The standard InChI is InChI=1S/C27H46O.C18H30O/c1-18(2)7-6-8-19(3)23-11-12-24-22-10-9-20-17-21(28)13-15-26(20,4)25(22)14-16-27(23,24)5;1-2-3-4-5-6-7-8-9-10-11-14-17-15-12-13-16-18(17)19/h9,18-19,21-25,28H,6-8,10-17H2,1-5H3;12-13,15-16,19H,2-11,14H2,1H3/t19-,21+,22+,23-,24+,25+,26+,27-;/m1./s1. The van der Waals surface area contributed by atoms with Gasteiger partial charge in [0.1, 0.15) is 5.75 Å². The minimum Gasteiger partial charge on any atom is -0.508 e. The lowest BCUT2D eigenvalue weighted by molar-refractivity contribution is -0.0573. The molecule has 0 bridgehead atoms. The number of benzene rings is 1. The Hall–Kier alpha value is -1.28. The fraction of sp³-hybridized carbons (Fsp3) is 0.822. The quantitative estimate of drug-likeness (QED) is 0.138. The highest BCUT2D eigenvalue weighted by molar-refractivity contribution is 5.31. The van der Waals surface area contributed by atoms with Gasteiger partial charge in [0.15, 0.2) is 0 Å². The monoisotopic (exact) mass is 649 g/mol. The summed E-state index contributed by atoms with van der Waals surface area (Å²) in [6, 6.07) is 7.71. The maximum absolute atomic E-state index is 10.2. The molecule has 1 aromatic rings. The van der Waals surface area contributed by atoms with E-state index in [1.807, 2.05) is 18.2 Å². The molecule has 5 rings (SSSR count). The average Bonchev–Trinajstić information content (AvgIpc) is 3.40. The molecule has 47 heavy (non-hydrogen) atoms. The van der Waals surface area contributed by atoms with E-state index in [1.165, 1.54) is 122 Å². The van der Waals surface area contributed by atoms with Crippen LogP contribution in [0.25, 0.3) is 0 Å². The number of para-hydroxylation sites is 1. The Morgan fingerprint density at radius 3 is 2.13 bits per heavy atom. The van der Waals surface area contributed by atoms with Crippen LogP contribution in [-0.4, -0.2) is 16.3 Å². The Kier molecular flexibility index (Phi) is 15.3. The average molecular weight is 649 g/mol. The topological polar surface area (TPSA) is 40.5 Å². The van der Waals surface area contributed by atoms with Crippen LogP contribution < -0.4 is 0 Å². The van der Waals surface area contributed by atoms with Crippen LogP contribution in [0, 0.1) is 46.3 Å². The van der Waals surface area contributed by atoms with Gasteiger partial charge < -0.3 is 10.2 Å². The van der Waals surface area contributed by atoms with Crippen LogP contribution in [0.4, 0.5) is 0 Å². The lowest BCUT2D eigenvalue weighted by Gasteiger charge is -2.58. The van der Waals surface area contributed by atoms with Crippen molar-refractivity contribution in [2.24, 2.45) is 46.3 Å². The number of aliphatic hydroxyl groups excluding tert-OH is 1. The van der Waals surface area contributed by atoms with Gasteiger partial charge in [-0.05, 0) is 122 Å². The number of fused-ring (bicyclic) bond motifs is 5. The van der Waals surface area contributed by atoms with Crippen LogP contribution in [-0.2, 0) is 6.42 Å². The van der Waals surface area contributed by atoms with Gasteiger partial charge in [-0.1, -0.05) is 148 Å². The van der Waals surface area contributed by atoms with E-state index in [9.17, 15) is 10.2 Å². The molecule has 4 aliphatic carbocycles. The second-order valence-corrected chi connectivity index (χ2v) is 17.7. The Morgan fingerprint density at radius 2 is 1.45 bits per heavy atom. The van der Waals surface area contributed by atoms with Gasteiger partial charge in [0.25, 0.3) is 0 Å². The summed E-state index contributed by atoms with van der Waals surface area (Å²) in [6.07, 6.45) is 31.8. The third kappa shape index (κ3) is 10.1. The number of allylic oxidation sites excluding steroid dienone is 1. The zero-order chi connectivity index (χ0) is 33.9. The molecule has 268 valence electrons. The molecular weight excluding hydrogens is 572 g/mol. The number of phenolic OH excluding ortho intramolecular Hbond substituents is 1. The third-order valence-electron chi connectivity index (χ3n) is 14.1. The van der Waals surface area contributed by atoms with E-state index < -0.39 is 0 Å². The van der Waals surface area contributed by atoms with Crippen LogP contribution >= 0.6 is 0 Å². The van der Waals surface area contributed by atoms with Crippen LogP contribution in [0.5, 0.6) is 5.75 Å². The van der Waals surface area contributed by atoms with Gasteiger partial charge in [-0.15, -0.1) is 0 Å². The van der Waals surface area contributed by atoms with E-state index >= 15 is 0 Å². The Labute approximate surface area is 292 Å². The van der Waals surface area contributed by atoms with E-state index in [0.29, 0.717) is 16.6 Å². The molecule has 3 saturated carbocycles. The highest BCUT2D eigenvalue weighted by Gasteiger charge is 2.59. The zero-order valence-corrected chi connectivity index (χ0v) is 31.9. The van der Waals surface area contributed by atoms with Gasteiger partial charge in [-0.3, -0.25) is 0 Å². The van der Waals surface area contributed by atoms with Crippen LogP contribution in [0.1, 0.15) is 182 Å². The molecule has 0 saturated heterocycles. The fourth-order valence-electron chi connectivity index (χ4n) is 11.2. The molecule has 3 fully saturated rings. The van der Waals surface area contributed by atoms with Gasteiger partial charge in [0.2, 0.25) is 0 Å². The minimum absolute atomic E-state index is 0.0766. The van der Waals surface area contributed by atoms with Gasteiger partial charge in [-0.25, -0.2) is 0 Å². The molecule has 2 nitrogen and oxygen atoms in total. The summed E-state index contributed by atoms with van der Waals surface area (Å²) in [5.41, 5.74) is 3.70. The predicted octanol–water partition coefficient (Wildman–Crippen LogP) is 13.2. The van der Waals surface area contributed by atoms with Crippen LogP contribution in [0.15, 0.2) is 35.9 Å². The van der Waals surface area contributed by atoms with Crippen molar-refractivity contribution in [1.29, 1.82) is 0 Å². The molecule has 0 aliphatic heterocycles. The molecule has 1 aromatic carbocycles. The number of rotatable bonds is 16. The van der Waals surface area contributed by atoms with Crippen molar-refractivity contribution in [1.82, 2.24) is 0 Å². The lowest BCUT2D eigenvalue weighted by Crippen LogP contribution is -2.50. The van der Waals surface area contributed by atoms with Gasteiger partial charge >= 0.3 is 0 Å². The van der Waals surface area contributed by atoms with Crippen molar-refractivity contribution in [3.8, 4) is 5.75 Å². The molecule has 8 atom stereocenters. The lowest BCUT2D eigenvalue weighted by atomic mass is 9.47. The van der Waals surface area contributed by atoms with Crippen molar-refractivity contribution < 1.29 is 10.2 Å². The number of aromatic hydroxyl groups is 1. The normalized spacial score (nSPS) is 32.1. The first-order valence-corrected chi connectivity index (χ1v) is 20.7. The third-order valence-corrected chi connectivity index (χ3v) is 14.1. The van der Waals surface area contributed by atoms with E-state index in [0.717, 1.165) is 60.3 Å². The molecule has 0 spiro atoms. The highest BCUT2D eigenvalue weighted by atomic mass is 16.3. The molecule has 0 aromatic heterocycles. The first-order chi connectivity index (χ1) is 22.6. The Morgan fingerprint density at radius 1 is 0.766 bits per heavy atom. The summed E-state index contributed by atoms with van der Waals surface area (Å²) in [5, 5.41) is 19.9. The number of hydrogen-bond acceptors (Lipinski definition) is 2. The van der Waals surface area contributed by atoms with E-state index in [-0.39, 0.29) is 6.10 Å². The van der Waals surface area contributed by atoms with Crippen LogP contribution in [0.3, 0.4) is 0 Å². The van der Waals surface area contributed by atoms with Gasteiger partial charge in [0, 0.05) is 0 Å². The van der Waals surface area contributed by atoms with Crippen molar-refractivity contribution in [3.05, 3.63) is 41.5 Å². The summed E-state index contributed by atoms with van der Waals surface area (Å²) in [7, 11) is 0. The van der Waals surface area contributed by atoms with Crippen molar-refractivity contribution in [3.63, 3.8) is 0 Å². The first kappa shape index (κ1) is 38.5. The Balaban J connectivity index is 0.000000231.